The van der Waals surface area contributed by atoms with E-state index in [2.05, 4.69) is 20.2 Å². The van der Waals surface area contributed by atoms with Crippen LogP contribution in [0.4, 0.5) is 11.5 Å². The molecule has 5 rings (SSSR count). The number of methoxy groups -OCH3 is 1. The van der Waals surface area contributed by atoms with E-state index < -0.39 is 5.97 Å². The standard InChI is InChI=1S/C30H34N6O4/c1-20-18-22(6-9-25(20)30(39)35-15-10-23(11-16-35)34(2)14-12-27(37)38)33-28-29-32-19-26(36(29)17-13-31-28)21-4-7-24(40-3)8-5-21/h4-9,13,17-19,23H,10-12,14-16H2,1-3H3,(H,31,33)(H,37,38). The molecule has 10 heteroatoms. The molecule has 40 heavy (non-hydrogen) atoms. The predicted molar refractivity (Wildman–Crippen MR) is 153 cm³/mol. The van der Waals surface area contributed by atoms with Crippen LogP contribution in [-0.4, -0.2) is 81.0 Å². The summed E-state index contributed by atoms with van der Waals surface area (Å²) in [6.07, 6.45) is 7.23. The highest BCUT2D eigenvalue weighted by Crippen LogP contribution is 2.28. The number of anilines is 2. The smallest absolute Gasteiger partial charge is 0.304 e. The Hall–Kier alpha value is -4.44. The third-order valence-electron chi connectivity index (χ3n) is 7.59. The fraction of sp³-hybridized carbons (Fsp3) is 0.333. The van der Waals surface area contributed by atoms with Crippen molar-refractivity contribution in [1.29, 1.82) is 0 Å². The molecule has 2 N–H and O–H groups in total. The molecule has 0 unspecified atom stereocenters. The number of nitrogens with one attached hydrogen (secondary N) is 1. The molecule has 0 aliphatic carbocycles. The van der Waals surface area contributed by atoms with Crippen molar-refractivity contribution in [1.82, 2.24) is 24.2 Å². The number of likely N-dealkylation sites (tertiary alicyclic amines) is 1. The van der Waals surface area contributed by atoms with E-state index in [1.165, 1.54) is 0 Å². The van der Waals surface area contributed by atoms with Gasteiger partial charge in [-0.15, -0.1) is 0 Å². The van der Waals surface area contributed by atoms with Crippen LogP contribution < -0.4 is 10.1 Å². The van der Waals surface area contributed by atoms with Gasteiger partial charge in [-0.3, -0.25) is 14.0 Å². The highest BCUT2D eigenvalue weighted by Gasteiger charge is 2.26. The number of carboxylic acid groups (broad SMARTS) is 1. The maximum absolute atomic E-state index is 13.3. The molecule has 0 bridgehead atoms. The Morgan fingerprint density at radius 3 is 2.55 bits per heavy atom. The lowest BCUT2D eigenvalue weighted by molar-refractivity contribution is -0.137. The molecule has 0 atom stereocenters. The molecule has 2 aromatic heterocycles. The quantitative estimate of drug-likeness (QED) is 0.319. The minimum Gasteiger partial charge on any atom is -0.497 e. The van der Waals surface area contributed by atoms with Gasteiger partial charge < -0.3 is 25.0 Å². The van der Waals surface area contributed by atoms with Gasteiger partial charge in [0.25, 0.3) is 5.91 Å². The van der Waals surface area contributed by atoms with Gasteiger partial charge in [-0.25, -0.2) is 9.97 Å². The van der Waals surface area contributed by atoms with E-state index in [-0.39, 0.29) is 12.3 Å². The zero-order chi connectivity index (χ0) is 28.2. The zero-order valence-corrected chi connectivity index (χ0v) is 23.0. The van der Waals surface area contributed by atoms with Gasteiger partial charge in [0.2, 0.25) is 0 Å². The lowest BCUT2D eigenvalue weighted by atomic mass is 10.0. The Kier molecular flexibility index (Phi) is 7.97. The van der Waals surface area contributed by atoms with Crippen molar-refractivity contribution >= 4 is 29.0 Å². The number of piperidine rings is 1. The normalized spacial score (nSPS) is 14.1. The summed E-state index contributed by atoms with van der Waals surface area (Å²) in [7, 11) is 3.60. The zero-order valence-electron chi connectivity index (χ0n) is 23.0. The van der Waals surface area contributed by atoms with Crippen LogP contribution in [0.15, 0.2) is 61.1 Å². The number of amides is 1. The van der Waals surface area contributed by atoms with E-state index in [9.17, 15) is 9.59 Å². The number of hydrogen-bond donors (Lipinski definition) is 2. The van der Waals surface area contributed by atoms with Gasteiger partial charge in [-0.1, -0.05) is 0 Å². The lowest BCUT2D eigenvalue weighted by Gasteiger charge is -2.36. The van der Waals surface area contributed by atoms with Gasteiger partial charge >= 0.3 is 5.97 Å². The number of aryl methyl sites for hydroxylation is 1. The fourth-order valence-electron chi connectivity index (χ4n) is 5.24. The molecular weight excluding hydrogens is 508 g/mol. The number of aliphatic carboxylic acids is 1. The molecule has 0 spiro atoms. The Morgan fingerprint density at radius 2 is 1.88 bits per heavy atom. The highest BCUT2D eigenvalue weighted by molar-refractivity contribution is 5.96. The second-order valence-electron chi connectivity index (χ2n) is 10.1. The first-order valence-corrected chi connectivity index (χ1v) is 13.4. The molecule has 1 amide bonds. The Morgan fingerprint density at radius 1 is 1.12 bits per heavy atom. The third-order valence-corrected chi connectivity index (χ3v) is 7.59. The number of carbonyl (C=O) groups is 2. The highest BCUT2D eigenvalue weighted by atomic mass is 16.5. The van der Waals surface area contributed by atoms with Crippen molar-refractivity contribution in [3.05, 3.63) is 72.2 Å². The second-order valence-corrected chi connectivity index (χ2v) is 10.1. The Labute approximate surface area is 233 Å². The monoisotopic (exact) mass is 542 g/mol. The van der Waals surface area contributed by atoms with E-state index in [4.69, 9.17) is 9.84 Å². The largest absolute Gasteiger partial charge is 0.497 e. The van der Waals surface area contributed by atoms with E-state index in [1.807, 2.05) is 78.1 Å². The van der Waals surface area contributed by atoms with Crippen LogP contribution in [0, 0.1) is 6.92 Å². The number of fused-ring (bicyclic) bond motifs is 1. The lowest BCUT2D eigenvalue weighted by Crippen LogP contribution is -2.46. The number of benzene rings is 2. The van der Waals surface area contributed by atoms with Gasteiger partial charge in [0.15, 0.2) is 11.5 Å². The summed E-state index contributed by atoms with van der Waals surface area (Å²) in [5, 5.41) is 12.3. The van der Waals surface area contributed by atoms with E-state index >= 15 is 0 Å². The molecule has 4 aromatic rings. The number of imidazole rings is 1. The summed E-state index contributed by atoms with van der Waals surface area (Å²) in [5.74, 6) is 0.649. The minimum atomic E-state index is -0.788. The summed E-state index contributed by atoms with van der Waals surface area (Å²) in [6.45, 7) is 3.77. The Bertz CT molecular complexity index is 1510. The number of carboxylic acids is 1. The first kappa shape index (κ1) is 27.1. The molecule has 2 aromatic carbocycles. The number of aromatic nitrogens is 3. The first-order valence-electron chi connectivity index (χ1n) is 13.4. The number of hydrogen-bond acceptors (Lipinski definition) is 7. The molecule has 1 fully saturated rings. The minimum absolute atomic E-state index is 0.0216. The van der Waals surface area contributed by atoms with Crippen molar-refractivity contribution < 1.29 is 19.4 Å². The van der Waals surface area contributed by atoms with E-state index in [0.29, 0.717) is 42.7 Å². The molecule has 1 aliphatic heterocycles. The fourth-order valence-corrected chi connectivity index (χ4v) is 5.24. The van der Waals surface area contributed by atoms with Crippen LogP contribution in [0.5, 0.6) is 5.75 Å². The van der Waals surface area contributed by atoms with Crippen molar-refractivity contribution in [3.8, 4) is 17.0 Å². The molecule has 0 radical (unpaired) electrons. The molecular formula is C30H34N6O4. The van der Waals surface area contributed by atoms with Crippen LogP contribution in [0.1, 0.15) is 35.2 Å². The van der Waals surface area contributed by atoms with Crippen LogP contribution in [0.25, 0.3) is 16.9 Å². The van der Waals surface area contributed by atoms with Crippen molar-refractivity contribution in [3.63, 3.8) is 0 Å². The average Bonchev–Trinajstić information content (AvgIpc) is 3.41. The number of nitrogens with zero attached hydrogens (tertiary/aromatic N) is 5. The van der Waals surface area contributed by atoms with Crippen molar-refractivity contribution in [2.75, 3.05) is 39.1 Å². The molecule has 208 valence electrons. The number of rotatable bonds is 9. The number of carbonyl (C=O) groups excluding carboxylic acids is 1. The van der Waals surface area contributed by atoms with Gasteiger partial charge in [-0.05, 0) is 74.8 Å². The molecule has 1 aliphatic rings. The van der Waals surface area contributed by atoms with Crippen molar-refractivity contribution in [2.45, 2.75) is 32.2 Å². The summed E-state index contributed by atoms with van der Waals surface area (Å²) in [6, 6.07) is 13.8. The van der Waals surface area contributed by atoms with Crippen LogP contribution in [0.2, 0.25) is 0 Å². The summed E-state index contributed by atoms with van der Waals surface area (Å²) in [5.41, 5.74) is 5.03. The van der Waals surface area contributed by atoms with Crippen LogP contribution >= 0.6 is 0 Å². The van der Waals surface area contributed by atoms with Crippen LogP contribution in [-0.2, 0) is 4.79 Å². The molecule has 10 nitrogen and oxygen atoms in total. The van der Waals surface area contributed by atoms with Gasteiger partial charge in [0.05, 0.1) is 25.4 Å². The second kappa shape index (κ2) is 11.7. The predicted octanol–water partition coefficient (Wildman–Crippen LogP) is 4.47. The maximum Gasteiger partial charge on any atom is 0.304 e. The van der Waals surface area contributed by atoms with Crippen molar-refractivity contribution in [2.24, 2.45) is 0 Å². The van der Waals surface area contributed by atoms with Gasteiger partial charge in [0, 0.05) is 54.9 Å². The SMILES string of the molecule is COc1ccc(-c2cnc3c(Nc4ccc(C(=O)N5CCC(N(C)CCC(=O)O)CC5)c(C)c4)nccn23)cc1. The Balaban J connectivity index is 1.26. The van der Waals surface area contributed by atoms with Gasteiger partial charge in [-0.2, -0.15) is 0 Å². The third kappa shape index (κ3) is 5.76. The van der Waals surface area contributed by atoms with Gasteiger partial charge in [0.1, 0.15) is 5.75 Å². The summed E-state index contributed by atoms with van der Waals surface area (Å²) >= 11 is 0. The number of ether oxygens (including phenoxy) is 1. The maximum atomic E-state index is 13.3. The summed E-state index contributed by atoms with van der Waals surface area (Å²) < 4.78 is 7.26. The average molecular weight is 543 g/mol. The molecule has 3 heterocycles. The molecule has 0 saturated carbocycles. The summed E-state index contributed by atoms with van der Waals surface area (Å²) in [4.78, 5) is 37.3. The molecule has 1 saturated heterocycles. The van der Waals surface area contributed by atoms with Crippen LogP contribution in [0.3, 0.4) is 0 Å². The first-order chi connectivity index (χ1) is 19.3. The topological polar surface area (TPSA) is 112 Å². The van der Waals surface area contributed by atoms with E-state index in [1.54, 1.807) is 13.3 Å². The van der Waals surface area contributed by atoms with E-state index in [0.717, 1.165) is 41.1 Å².